The lowest BCUT2D eigenvalue weighted by molar-refractivity contribution is -0.138. The van der Waals surface area contributed by atoms with E-state index in [2.05, 4.69) is 6.58 Å². The molecule has 1 aliphatic rings. The van der Waals surface area contributed by atoms with Gasteiger partial charge in [0.2, 0.25) is 0 Å². The second kappa shape index (κ2) is 9.65. The van der Waals surface area contributed by atoms with Crippen LogP contribution in [0.1, 0.15) is 18.1 Å². The summed E-state index contributed by atoms with van der Waals surface area (Å²) in [5, 5.41) is 14.3. The van der Waals surface area contributed by atoms with Gasteiger partial charge in [-0.05, 0) is 61.4 Å². The van der Waals surface area contributed by atoms with Gasteiger partial charge in [0.25, 0.3) is 11.8 Å². The molecule has 1 aliphatic heterocycles. The number of hydrogen-bond donors (Lipinski definition) is 0. The minimum atomic E-state index is -0.599. The van der Waals surface area contributed by atoms with Crippen LogP contribution in [0.3, 0.4) is 0 Å². The summed E-state index contributed by atoms with van der Waals surface area (Å²) in [7, 11) is 1.38. The highest BCUT2D eigenvalue weighted by Crippen LogP contribution is 2.33. The molecule has 0 N–H and O–H groups in total. The van der Waals surface area contributed by atoms with E-state index < -0.39 is 11.8 Å². The first-order valence-corrected chi connectivity index (χ1v) is 11.0. The molecule has 2 amide bonds. The topological polar surface area (TPSA) is 88.2 Å². The molecule has 7 nitrogen and oxygen atoms in total. The zero-order valence-electron chi connectivity index (χ0n) is 19.8. The summed E-state index contributed by atoms with van der Waals surface area (Å²) in [4.78, 5) is 26.3. The number of hydrogen-bond acceptors (Lipinski definition) is 5. The minimum Gasteiger partial charge on any atom is -0.490 e. The number of benzene rings is 2. The molecule has 0 bridgehead atoms. The van der Waals surface area contributed by atoms with Gasteiger partial charge >= 0.3 is 0 Å². The Morgan fingerprint density at radius 1 is 1.11 bits per heavy atom. The van der Waals surface area contributed by atoms with Crippen molar-refractivity contribution in [2.45, 2.75) is 13.8 Å². The highest BCUT2D eigenvalue weighted by molar-refractivity contribution is 6.19. The molecule has 3 aromatic rings. The molecule has 7 heteroatoms. The third-order valence-corrected chi connectivity index (χ3v) is 5.83. The first-order valence-electron chi connectivity index (χ1n) is 11.0. The van der Waals surface area contributed by atoms with Gasteiger partial charge in [-0.25, -0.2) is 4.68 Å². The largest absolute Gasteiger partial charge is 0.490 e. The molecule has 174 valence electrons. The van der Waals surface area contributed by atoms with Crippen molar-refractivity contribution in [1.82, 2.24) is 14.7 Å². The molecule has 0 unspecified atom stereocenters. The Morgan fingerprint density at radius 3 is 2.51 bits per heavy atom. The van der Waals surface area contributed by atoms with Crippen molar-refractivity contribution in [3.05, 3.63) is 95.2 Å². The Hall–Kier alpha value is -4.70. The number of imide groups is 1. The molecule has 1 aromatic heterocycles. The van der Waals surface area contributed by atoms with Gasteiger partial charge in [0.05, 0.1) is 5.69 Å². The maximum atomic E-state index is 13.0. The average Bonchev–Trinajstić information content (AvgIpc) is 3.28. The third-order valence-electron chi connectivity index (χ3n) is 5.83. The van der Waals surface area contributed by atoms with E-state index in [4.69, 9.17) is 9.84 Å². The second-order valence-corrected chi connectivity index (χ2v) is 8.13. The molecule has 0 atom stereocenters. The zero-order valence-corrected chi connectivity index (χ0v) is 19.8. The number of para-hydroxylation sites is 1. The van der Waals surface area contributed by atoms with Crippen molar-refractivity contribution >= 4 is 17.9 Å². The number of aryl methyl sites for hydroxylation is 1. The van der Waals surface area contributed by atoms with Crippen LogP contribution in [-0.4, -0.2) is 40.1 Å². The first-order chi connectivity index (χ1) is 16.8. The van der Waals surface area contributed by atoms with Crippen molar-refractivity contribution in [2.75, 3.05) is 13.7 Å². The molecule has 0 saturated carbocycles. The Labute approximate surface area is 203 Å². The van der Waals surface area contributed by atoms with Crippen molar-refractivity contribution in [3.8, 4) is 28.8 Å². The smallest absolute Gasteiger partial charge is 0.271 e. The zero-order chi connectivity index (χ0) is 25.1. The van der Waals surface area contributed by atoms with Crippen LogP contribution in [0.4, 0.5) is 0 Å². The lowest BCUT2D eigenvalue weighted by atomic mass is 9.93. The number of ether oxygens (including phenoxy) is 1. The van der Waals surface area contributed by atoms with Crippen molar-refractivity contribution in [3.63, 3.8) is 0 Å². The normalized spacial score (nSPS) is 14.9. The van der Waals surface area contributed by atoms with Crippen LogP contribution in [-0.2, 0) is 9.59 Å². The molecule has 0 aliphatic carbocycles. The van der Waals surface area contributed by atoms with E-state index in [1.807, 2.05) is 67.7 Å². The van der Waals surface area contributed by atoms with Crippen molar-refractivity contribution in [2.24, 2.45) is 0 Å². The van der Waals surface area contributed by atoms with Gasteiger partial charge in [0.15, 0.2) is 0 Å². The van der Waals surface area contributed by atoms with Crippen LogP contribution in [0, 0.1) is 18.3 Å². The van der Waals surface area contributed by atoms with Crippen LogP contribution in [0.2, 0.25) is 0 Å². The number of nitrogens with zero attached hydrogens (tertiary/aromatic N) is 4. The molecule has 2 aromatic carbocycles. The summed E-state index contributed by atoms with van der Waals surface area (Å²) in [5.74, 6) is -0.346. The summed E-state index contributed by atoms with van der Waals surface area (Å²) in [6, 6.07) is 17.3. The molecular formula is C28H24N4O3. The minimum absolute atomic E-state index is 0.0461. The Bertz CT molecular complexity index is 1440. The Balaban J connectivity index is 1.91. The molecule has 0 saturated heterocycles. The van der Waals surface area contributed by atoms with Gasteiger partial charge < -0.3 is 4.74 Å². The fourth-order valence-corrected chi connectivity index (χ4v) is 3.92. The number of likely N-dealkylation sites (N-methyl/N-ethyl adjacent to an activating group) is 1. The molecule has 0 spiro atoms. The molecular weight excluding hydrogens is 440 g/mol. The maximum Gasteiger partial charge on any atom is 0.271 e. The highest BCUT2D eigenvalue weighted by Gasteiger charge is 2.33. The molecule has 4 rings (SSSR count). The van der Waals surface area contributed by atoms with Crippen LogP contribution < -0.4 is 4.74 Å². The molecule has 0 radical (unpaired) electrons. The predicted molar refractivity (Wildman–Crippen MR) is 133 cm³/mol. The third kappa shape index (κ3) is 4.42. The van der Waals surface area contributed by atoms with E-state index in [0.29, 0.717) is 29.2 Å². The summed E-state index contributed by atoms with van der Waals surface area (Å²) in [5.41, 5.74) is 4.59. The average molecular weight is 465 g/mol. The lowest BCUT2D eigenvalue weighted by Crippen LogP contribution is -2.39. The number of amides is 2. The van der Waals surface area contributed by atoms with Gasteiger partial charge in [-0.1, -0.05) is 30.9 Å². The van der Waals surface area contributed by atoms with Crippen LogP contribution in [0.15, 0.2) is 84.1 Å². The van der Waals surface area contributed by atoms with E-state index in [1.165, 1.54) is 7.05 Å². The maximum absolute atomic E-state index is 13.0. The van der Waals surface area contributed by atoms with Gasteiger partial charge in [-0.3, -0.25) is 14.5 Å². The predicted octanol–water partition coefficient (Wildman–Crippen LogP) is 4.63. The van der Waals surface area contributed by atoms with E-state index >= 15 is 0 Å². The Kier molecular flexibility index (Phi) is 6.47. The van der Waals surface area contributed by atoms with E-state index in [1.54, 1.807) is 23.8 Å². The van der Waals surface area contributed by atoms with Crippen molar-refractivity contribution in [1.29, 1.82) is 5.26 Å². The van der Waals surface area contributed by atoms with Crippen LogP contribution >= 0.6 is 0 Å². The van der Waals surface area contributed by atoms with E-state index in [-0.39, 0.29) is 11.1 Å². The van der Waals surface area contributed by atoms with Gasteiger partial charge in [0, 0.05) is 29.9 Å². The fourth-order valence-electron chi connectivity index (χ4n) is 3.92. The van der Waals surface area contributed by atoms with E-state index in [9.17, 15) is 14.9 Å². The molecule has 0 fully saturated rings. The fraction of sp³-hybridized carbons (Fsp3) is 0.143. The Morgan fingerprint density at radius 2 is 1.86 bits per heavy atom. The van der Waals surface area contributed by atoms with E-state index in [0.717, 1.165) is 21.7 Å². The van der Waals surface area contributed by atoms with Crippen LogP contribution in [0.25, 0.3) is 23.0 Å². The summed E-state index contributed by atoms with van der Waals surface area (Å²) in [6.07, 6.45) is 5.22. The summed E-state index contributed by atoms with van der Waals surface area (Å²) < 4.78 is 7.40. The highest BCUT2D eigenvalue weighted by atomic mass is 16.5. The van der Waals surface area contributed by atoms with Gasteiger partial charge in [-0.15, -0.1) is 0 Å². The first kappa shape index (κ1) is 23.5. The molecule has 35 heavy (non-hydrogen) atoms. The number of carbonyl (C=O) groups excluding carboxylic acids is 2. The quantitative estimate of drug-likeness (QED) is 0.301. The number of rotatable bonds is 6. The SMILES string of the molecule is C=CCOc1ccc(-c2nn(-c3ccccc3)cc2/C=C2/C(=O)N(C)C(=O)C(C#N)=C2C)c(C)c1. The van der Waals surface area contributed by atoms with Gasteiger partial charge in [0.1, 0.15) is 29.7 Å². The second-order valence-electron chi connectivity index (χ2n) is 8.13. The monoisotopic (exact) mass is 464 g/mol. The lowest BCUT2D eigenvalue weighted by Gasteiger charge is -2.23. The van der Waals surface area contributed by atoms with Gasteiger partial charge in [-0.2, -0.15) is 10.4 Å². The van der Waals surface area contributed by atoms with Crippen LogP contribution in [0.5, 0.6) is 5.75 Å². The summed E-state index contributed by atoms with van der Waals surface area (Å²) in [6.45, 7) is 7.66. The number of carbonyl (C=O) groups is 2. The summed E-state index contributed by atoms with van der Waals surface area (Å²) >= 11 is 0. The standard InChI is InChI=1S/C28H24N4O3/c1-5-13-35-22-11-12-23(18(2)14-22)26-20(17-32(30-26)21-9-7-6-8-10-21)15-24-19(3)25(16-29)28(34)31(4)27(24)33/h5-12,14-15,17H,1,13H2,2-4H3/b24-15+. The van der Waals surface area contributed by atoms with Crippen molar-refractivity contribution < 1.29 is 14.3 Å². The number of aromatic nitrogens is 2. The number of nitriles is 1. The molecule has 2 heterocycles.